The van der Waals surface area contributed by atoms with E-state index in [1.54, 1.807) is 21.2 Å². The SMILES string of the molecule is CN=C(NCC(C)(C)C(=O)NC)NC1CCN(c2ccccc2OC)C1. The van der Waals surface area contributed by atoms with E-state index in [-0.39, 0.29) is 11.9 Å². The fraction of sp³-hybridized carbons (Fsp3) is 0.579. The van der Waals surface area contributed by atoms with Crippen LogP contribution in [0.5, 0.6) is 5.75 Å². The summed E-state index contributed by atoms with van der Waals surface area (Å²) >= 11 is 0. The van der Waals surface area contributed by atoms with Crippen LogP contribution in [0.15, 0.2) is 29.3 Å². The molecule has 3 N–H and O–H groups in total. The molecule has 1 heterocycles. The highest BCUT2D eigenvalue weighted by molar-refractivity contribution is 5.84. The number of benzene rings is 1. The van der Waals surface area contributed by atoms with Gasteiger partial charge in [0.05, 0.1) is 18.2 Å². The number of carbonyl (C=O) groups excluding carboxylic acids is 1. The second-order valence-corrected chi connectivity index (χ2v) is 7.14. The topological polar surface area (TPSA) is 78.0 Å². The summed E-state index contributed by atoms with van der Waals surface area (Å²) in [4.78, 5) is 18.5. The number of hydrogen-bond acceptors (Lipinski definition) is 4. The number of nitrogens with one attached hydrogen (secondary N) is 3. The van der Waals surface area contributed by atoms with Gasteiger partial charge in [-0.25, -0.2) is 0 Å². The Kier molecular flexibility index (Phi) is 6.71. The van der Waals surface area contributed by atoms with Crippen LogP contribution in [0, 0.1) is 5.41 Å². The molecule has 0 radical (unpaired) electrons. The zero-order valence-corrected chi connectivity index (χ0v) is 16.4. The molecule has 7 nitrogen and oxygen atoms in total. The molecule has 0 saturated carbocycles. The van der Waals surface area contributed by atoms with Gasteiger partial charge < -0.3 is 25.6 Å². The molecule has 7 heteroatoms. The lowest BCUT2D eigenvalue weighted by Gasteiger charge is -2.25. The standard InChI is InChI=1S/C19H31N5O2/c1-19(2,17(25)20-3)13-22-18(21-4)23-14-10-11-24(12-14)15-8-6-7-9-16(15)26-5/h6-9,14H,10-13H2,1-5H3,(H,20,25)(H2,21,22,23). The third kappa shape index (κ3) is 4.80. The number of anilines is 1. The summed E-state index contributed by atoms with van der Waals surface area (Å²) in [6, 6.07) is 8.36. The average molecular weight is 361 g/mol. The van der Waals surface area contributed by atoms with E-state index in [1.165, 1.54) is 0 Å². The maximum atomic E-state index is 11.9. The second-order valence-electron chi connectivity index (χ2n) is 7.14. The molecule has 144 valence electrons. The monoisotopic (exact) mass is 361 g/mol. The molecule has 0 bridgehead atoms. The van der Waals surface area contributed by atoms with Gasteiger partial charge in [0.1, 0.15) is 5.75 Å². The number of rotatable bonds is 6. The Balaban J connectivity index is 1.91. The van der Waals surface area contributed by atoms with E-state index < -0.39 is 5.41 Å². The van der Waals surface area contributed by atoms with E-state index in [9.17, 15) is 4.79 Å². The molecule has 1 aromatic rings. The van der Waals surface area contributed by atoms with Gasteiger partial charge in [-0.1, -0.05) is 12.1 Å². The quantitative estimate of drug-likeness (QED) is 0.524. The Morgan fingerprint density at radius 2 is 2.12 bits per heavy atom. The van der Waals surface area contributed by atoms with Gasteiger partial charge in [-0.15, -0.1) is 0 Å². The lowest BCUT2D eigenvalue weighted by molar-refractivity contribution is -0.128. The van der Waals surface area contributed by atoms with Crippen molar-refractivity contribution in [1.29, 1.82) is 0 Å². The molecule has 1 atom stereocenters. The number of ether oxygens (including phenoxy) is 1. The first kappa shape index (κ1) is 19.9. The summed E-state index contributed by atoms with van der Waals surface area (Å²) in [6.07, 6.45) is 1.01. The Hall–Kier alpha value is -2.44. The van der Waals surface area contributed by atoms with Crippen molar-refractivity contribution in [3.63, 3.8) is 0 Å². The minimum absolute atomic E-state index is 0.00340. The fourth-order valence-electron chi connectivity index (χ4n) is 3.10. The van der Waals surface area contributed by atoms with Crippen LogP contribution in [0.25, 0.3) is 0 Å². The van der Waals surface area contributed by atoms with E-state index in [1.807, 2.05) is 32.0 Å². The summed E-state index contributed by atoms with van der Waals surface area (Å²) in [5, 5.41) is 9.42. The second kappa shape index (κ2) is 8.78. The van der Waals surface area contributed by atoms with Crippen LogP contribution in [-0.2, 0) is 4.79 Å². The number of hydrogen-bond donors (Lipinski definition) is 3. The number of aliphatic imine (C=N–C) groups is 1. The fourth-order valence-corrected chi connectivity index (χ4v) is 3.10. The summed E-state index contributed by atoms with van der Waals surface area (Å²) in [6.45, 7) is 6.16. The lowest BCUT2D eigenvalue weighted by atomic mass is 9.92. The summed E-state index contributed by atoms with van der Waals surface area (Å²) in [5.74, 6) is 1.61. The van der Waals surface area contributed by atoms with Crippen LogP contribution < -0.4 is 25.6 Å². The molecule has 1 aliphatic heterocycles. The molecule has 0 aromatic heterocycles. The van der Waals surface area contributed by atoms with Gasteiger partial charge in [0.15, 0.2) is 5.96 Å². The third-order valence-electron chi connectivity index (χ3n) is 4.72. The number of carbonyl (C=O) groups is 1. The minimum atomic E-state index is -0.508. The number of para-hydroxylation sites is 2. The van der Waals surface area contributed by atoms with Gasteiger partial charge in [0, 0.05) is 39.8 Å². The summed E-state index contributed by atoms with van der Waals surface area (Å²) < 4.78 is 5.47. The van der Waals surface area contributed by atoms with Crippen molar-refractivity contribution >= 4 is 17.6 Å². The summed E-state index contributed by atoms with van der Waals surface area (Å²) in [7, 11) is 5.10. The predicted molar refractivity (Wildman–Crippen MR) is 106 cm³/mol. The molecule has 1 aromatic carbocycles. The predicted octanol–water partition coefficient (Wildman–Crippen LogP) is 1.21. The van der Waals surface area contributed by atoms with Gasteiger partial charge >= 0.3 is 0 Å². The van der Waals surface area contributed by atoms with E-state index in [0.717, 1.165) is 30.9 Å². The first-order valence-electron chi connectivity index (χ1n) is 8.98. The molecule has 1 saturated heterocycles. The van der Waals surface area contributed by atoms with Crippen LogP contribution >= 0.6 is 0 Å². The minimum Gasteiger partial charge on any atom is -0.495 e. The molecule has 26 heavy (non-hydrogen) atoms. The molecular weight excluding hydrogens is 330 g/mol. The first-order chi connectivity index (χ1) is 12.4. The average Bonchev–Trinajstić information content (AvgIpc) is 3.12. The normalized spacial score (nSPS) is 17.8. The van der Waals surface area contributed by atoms with Crippen LogP contribution in [0.2, 0.25) is 0 Å². The van der Waals surface area contributed by atoms with Gasteiger partial charge in [-0.3, -0.25) is 9.79 Å². The highest BCUT2D eigenvalue weighted by Gasteiger charge is 2.28. The molecule has 0 spiro atoms. The Labute approximate surface area is 156 Å². The van der Waals surface area contributed by atoms with Gasteiger partial charge in [0.25, 0.3) is 0 Å². The van der Waals surface area contributed by atoms with Crippen LogP contribution in [0.4, 0.5) is 5.69 Å². The smallest absolute Gasteiger partial charge is 0.227 e. The zero-order valence-electron chi connectivity index (χ0n) is 16.4. The Morgan fingerprint density at radius 1 is 1.38 bits per heavy atom. The van der Waals surface area contributed by atoms with E-state index in [0.29, 0.717) is 12.5 Å². The zero-order chi connectivity index (χ0) is 19.2. The number of methoxy groups -OCH3 is 1. The Morgan fingerprint density at radius 3 is 2.77 bits per heavy atom. The molecular formula is C19H31N5O2. The van der Waals surface area contributed by atoms with Crippen molar-refractivity contribution in [1.82, 2.24) is 16.0 Å². The largest absolute Gasteiger partial charge is 0.495 e. The summed E-state index contributed by atoms with van der Waals surface area (Å²) in [5.41, 5.74) is 0.605. The van der Waals surface area contributed by atoms with Crippen molar-refractivity contribution in [3.05, 3.63) is 24.3 Å². The molecule has 1 unspecified atom stereocenters. The number of guanidine groups is 1. The van der Waals surface area contributed by atoms with Crippen molar-refractivity contribution in [2.45, 2.75) is 26.3 Å². The van der Waals surface area contributed by atoms with Crippen molar-refractivity contribution in [2.24, 2.45) is 10.4 Å². The molecule has 1 amide bonds. The highest BCUT2D eigenvalue weighted by Crippen LogP contribution is 2.30. The maximum absolute atomic E-state index is 11.9. The van der Waals surface area contributed by atoms with Crippen LogP contribution in [-0.4, -0.2) is 58.7 Å². The van der Waals surface area contributed by atoms with Crippen molar-refractivity contribution in [3.8, 4) is 5.75 Å². The number of amides is 1. The highest BCUT2D eigenvalue weighted by atomic mass is 16.5. The van der Waals surface area contributed by atoms with E-state index in [2.05, 4.69) is 31.9 Å². The third-order valence-corrected chi connectivity index (χ3v) is 4.72. The lowest BCUT2D eigenvalue weighted by Crippen LogP contribution is -2.50. The molecule has 0 aliphatic carbocycles. The van der Waals surface area contributed by atoms with Crippen molar-refractivity contribution in [2.75, 3.05) is 45.7 Å². The van der Waals surface area contributed by atoms with Crippen LogP contribution in [0.1, 0.15) is 20.3 Å². The van der Waals surface area contributed by atoms with Gasteiger partial charge in [-0.05, 0) is 32.4 Å². The molecule has 1 fully saturated rings. The molecule has 2 rings (SSSR count). The van der Waals surface area contributed by atoms with Gasteiger partial charge in [0.2, 0.25) is 5.91 Å². The Bertz CT molecular complexity index is 645. The van der Waals surface area contributed by atoms with E-state index >= 15 is 0 Å². The van der Waals surface area contributed by atoms with Gasteiger partial charge in [-0.2, -0.15) is 0 Å². The van der Waals surface area contributed by atoms with Crippen LogP contribution in [0.3, 0.4) is 0 Å². The first-order valence-corrected chi connectivity index (χ1v) is 8.98. The molecule has 1 aliphatic rings. The maximum Gasteiger partial charge on any atom is 0.227 e. The van der Waals surface area contributed by atoms with Crippen molar-refractivity contribution < 1.29 is 9.53 Å². The van der Waals surface area contributed by atoms with E-state index in [4.69, 9.17) is 4.74 Å². The number of nitrogens with zero attached hydrogens (tertiary/aromatic N) is 2.